The van der Waals surface area contributed by atoms with Gasteiger partial charge in [0, 0.05) is 43.6 Å². The number of fused-ring (bicyclic) bond motifs is 13. The normalized spacial score (nSPS) is 12.2. The van der Waals surface area contributed by atoms with Crippen molar-refractivity contribution in [2.24, 2.45) is 0 Å². The molecular weight excluding hydrogens is 649 g/mol. The van der Waals surface area contributed by atoms with Gasteiger partial charge >= 0.3 is 0 Å². The Morgan fingerprint density at radius 3 is 2.00 bits per heavy atom. The van der Waals surface area contributed by atoms with Gasteiger partial charge in [0.15, 0.2) is 0 Å². The summed E-state index contributed by atoms with van der Waals surface area (Å²) < 4.78 is 11.5. The van der Waals surface area contributed by atoms with E-state index < -0.39 is 0 Å². The van der Waals surface area contributed by atoms with Crippen LogP contribution >= 0.6 is 0 Å². The van der Waals surface area contributed by atoms with E-state index in [1.807, 2.05) is 12.1 Å². The van der Waals surface area contributed by atoms with E-state index in [0.717, 1.165) is 82.6 Å². The van der Waals surface area contributed by atoms with Crippen LogP contribution in [0.1, 0.15) is 0 Å². The number of furan rings is 1. The zero-order valence-corrected chi connectivity index (χ0v) is 28.4. The van der Waals surface area contributed by atoms with E-state index in [1.165, 1.54) is 21.5 Å². The lowest BCUT2D eigenvalue weighted by Crippen LogP contribution is -2.03. The fourth-order valence-corrected chi connectivity index (χ4v) is 8.62. The van der Waals surface area contributed by atoms with E-state index in [4.69, 9.17) is 14.4 Å². The van der Waals surface area contributed by atoms with Crippen molar-refractivity contribution >= 4 is 87.2 Å². The third kappa shape index (κ3) is 3.96. The van der Waals surface area contributed by atoms with Crippen LogP contribution in [0.25, 0.3) is 110 Å². The van der Waals surface area contributed by atoms with Crippen molar-refractivity contribution in [1.29, 1.82) is 0 Å². The van der Waals surface area contributed by atoms with Crippen LogP contribution in [-0.2, 0) is 0 Å². The van der Waals surface area contributed by atoms with Gasteiger partial charge in [0.1, 0.15) is 11.2 Å². The molecule has 0 atom stereocenters. The molecular formula is C48H28N4O. The molecule has 0 N–H and O–H groups in total. The number of benzene rings is 8. The minimum atomic E-state index is 0.616. The molecule has 5 nitrogen and oxygen atoms in total. The molecule has 0 bridgehead atoms. The lowest BCUT2D eigenvalue weighted by molar-refractivity contribution is 0.673. The number of hydrogen-bond donors (Lipinski definition) is 0. The molecule has 0 unspecified atom stereocenters. The maximum absolute atomic E-state index is 6.91. The van der Waals surface area contributed by atoms with Crippen LogP contribution in [-0.4, -0.2) is 19.1 Å². The molecule has 0 saturated carbocycles. The number of aromatic nitrogens is 4. The van der Waals surface area contributed by atoms with Gasteiger partial charge in [-0.05, 0) is 65.4 Å². The topological polar surface area (TPSA) is 48.8 Å². The Bertz CT molecular complexity index is 3450. The second-order valence-corrected chi connectivity index (χ2v) is 13.8. The van der Waals surface area contributed by atoms with Crippen molar-refractivity contribution < 1.29 is 4.42 Å². The first kappa shape index (κ1) is 28.5. The SMILES string of the molecule is c1ccc(-c2nc(-n3c4cc5c(cc4c4c6oc7ccc8ccccc8c7c6ccc43)c3ccccc3n5-c3ccccc3)nc3ccccc23)cc1. The number of hydrogen-bond acceptors (Lipinski definition) is 3. The second-order valence-electron chi connectivity index (χ2n) is 13.8. The Hall–Kier alpha value is -7.24. The van der Waals surface area contributed by atoms with Crippen LogP contribution in [0.3, 0.4) is 0 Å². The molecule has 0 aliphatic heterocycles. The predicted octanol–water partition coefficient (Wildman–Crippen LogP) is 12.5. The van der Waals surface area contributed by atoms with Gasteiger partial charge in [0.25, 0.3) is 0 Å². The van der Waals surface area contributed by atoms with Crippen molar-refractivity contribution in [3.63, 3.8) is 0 Å². The lowest BCUT2D eigenvalue weighted by Gasteiger charge is -2.12. The maximum Gasteiger partial charge on any atom is 0.235 e. The molecule has 0 aliphatic rings. The van der Waals surface area contributed by atoms with Crippen molar-refractivity contribution in [2.45, 2.75) is 0 Å². The molecule has 0 spiro atoms. The quantitative estimate of drug-likeness (QED) is 0.187. The van der Waals surface area contributed by atoms with Crippen LogP contribution in [0.15, 0.2) is 174 Å². The van der Waals surface area contributed by atoms with Crippen LogP contribution in [0.2, 0.25) is 0 Å². The Kier molecular flexibility index (Phi) is 5.71. The molecule has 0 aliphatic carbocycles. The summed E-state index contributed by atoms with van der Waals surface area (Å²) in [6, 6.07) is 59.9. The fourth-order valence-electron chi connectivity index (χ4n) is 8.62. The average molecular weight is 677 g/mol. The molecule has 8 aromatic carbocycles. The summed E-state index contributed by atoms with van der Waals surface area (Å²) in [5.74, 6) is 0.616. The van der Waals surface area contributed by atoms with Gasteiger partial charge in [-0.15, -0.1) is 0 Å². The summed E-state index contributed by atoms with van der Waals surface area (Å²) >= 11 is 0. The third-order valence-electron chi connectivity index (χ3n) is 10.9. The molecule has 53 heavy (non-hydrogen) atoms. The minimum absolute atomic E-state index is 0.616. The van der Waals surface area contributed by atoms with Gasteiger partial charge in [-0.3, -0.25) is 4.57 Å². The molecule has 0 amide bonds. The summed E-state index contributed by atoms with van der Waals surface area (Å²) in [6.45, 7) is 0. The summed E-state index contributed by atoms with van der Waals surface area (Å²) in [6.07, 6.45) is 0. The van der Waals surface area contributed by atoms with Crippen molar-refractivity contribution in [2.75, 3.05) is 0 Å². The molecule has 12 rings (SSSR count). The highest BCUT2D eigenvalue weighted by Crippen LogP contribution is 2.45. The number of rotatable bonds is 3. The highest BCUT2D eigenvalue weighted by atomic mass is 16.3. The van der Waals surface area contributed by atoms with Gasteiger partial charge in [-0.25, -0.2) is 9.97 Å². The molecule has 0 saturated heterocycles. The van der Waals surface area contributed by atoms with Crippen LogP contribution in [0, 0.1) is 0 Å². The molecule has 0 radical (unpaired) electrons. The van der Waals surface area contributed by atoms with E-state index in [9.17, 15) is 0 Å². The number of nitrogens with zero attached hydrogens (tertiary/aromatic N) is 4. The van der Waals surface area contributed by atoms with Gasteiger partial charge in [-0.2, -0.15) is 0 Å². The van der Waals surface area contributed by atoms with E-state index in [2.05, 4.69) is 167 Å². The first-order valence-electron chi connectivity index (χ1n) is 17.9. The van der Waals surface area contributed by atoms with Gasteiger partial charge < -0.3 is 8.98 Å². The first-order valence-corrected chi connectivity index (χ1v) is 17.9. The molecule has 4 aromatic heterocycles. The van der Waals surface area contributed by atoms with Crippen LogP contribution < -0.4 is 0 Å². The van der Waals surface area contributed by atoms with Crippen molar-refractivity contribution in [1.82, 2.24) is 19.1 Å². The summed E-state index contributed by atoms with van der Waals surface area (Å²) in [7, 11) is 0. The van der Waals surface area contributed by atoms with Crippen molar-refractivity contribution in [3.8, 4) is 22.9 Å². The van der Waals surface area contributed by atoms with Crippen LogP contribution in [0.4, 0.5) is 0 Å². The zero-order valence-electron chi connectivity index (χ0n) is 28.4. The largest absolute Gasteiger partial charge is 0.455 e. The van der Waals surface area contributed by atoms with E-state index in [1.54, 1.807) is 0 Å². The highest BCUT2D eigenvalue weighted by molar-refractivity contribution is 6.29. The highest BCUT2D eigenvalue weighted by Gasteiger charge is 2.24. The molecule has 5 heteroatoms. The standard InChI is InChI=1S/C48H28N4O/c1-3-14-30(15-4-1)46-34-20-9-11-21-38(34)49-48(50-46)52-40-25-24-35-44-32-18-8-7-13-29(32)23-26-43(44)53-47(35)45(40)37-27-36-33-19-10-12-22-39(33)51(41(36)28-42(37)52)31-16-5-2-6-17-31/h1-28H. The average Bonchev–Trinajstić information content (AvgIpc) is 3.87. The van der Waals surface area contributed by atoms with Crippen LogP contribution in [0.5, 0.6) is 0 Å². The summed E-state index contributed by atoms with van der Waals surface area (Å²) in [4.78, 5) is 10.7. The van der Waals surface area contributed by atoms with E-state index >= 15 is 0 Å². The Labute approximate surface area is 302 Å². The fraction of sp³-hybridized carbons (Fsp3) is 0. The number of para-hydroxylation sites is 3. The summed E-state index contributed by atoms with van der Waals surface area (Å²) in [5.41, 5.74) is 9.98. The third-order valence-corrected chi connectivity index (χ3v) is 10.9. The van der Waals surface area contributed by atoms with Gasteiger partial charge in [0.2, 0.25) is 5.95 Å². The summed E-state index contributed by atoms with van der Waals surface area (Å²) in [5, 5.41) is 10.1. The smallest absolute Gasteiger partial charge is 0.235 e. The van der Waals surface area contributed by atoms with Gasteiger partial charge in [0.05, 0.1) is 38.7 Å². The Balaban J connectivity index is 1.29. The Morgan fingerprint density at radius 1 is 0.415 bits per heavy atom. The van der Waals surface area contributed by atoms with E-state index in [-0.39, 0.29) is 0 Å². The second kappa shape index (κ2) is 10.6. The first-order chi connectivity index (χ1) is 26.3. The predicted molar refractivity (Wildman–Crippen MR) is 218 cm³/mol. The van der Waals surface area contributed by atoms with Crippen molar-refractivity contribution in [3.05, 3.63) is 170 Å². The monoisotopic (exact) mass is 676 g/mol. The molecule has 0 fully saturated rings. The van der Waals surface area contributed by atoms with E-state index in [0.29, 0.717) is 5.95 Å². The zero-order chi connectivity index (χ0) is 34.6. The lowest BCUT2D eigenvalue weighted by atomic mass is 10.0. The molecule has 12 aromatic rings. The van der Waals surface area contributed by atoms with Gasteiger partial charge in [-0.1, -0.05) is 115 Å². The molecule has 4 heterocycles. The minimum Gasteiger partial charge on any atom is -0.455 e. The molecule has 246 valence electrons. The maximum atomic E-state index is 6.91. The Morgan fingerprint density at radius 2 is 1.13 bits per heavy atom.